The molecule has 31 heavy (non-hydrogen) atoms. The van der Waals surface area contributed by atoms with Gasteiger partial charge in [0.15, 0.2) is 11.0 Å². The van der Waals surface area contributed by atoms with Crippen LogP contribution >= 0.6 is 35.3 Å². The minimum atomic E-state index is -0.529. The Kier molecular flexibility index (Phi) is 5.60. The number of hydrogen-bond acceptors (Lipinski definition) is 9. The maximum absolute atomic E-state index is 12.8. The highest BCUT2D eigenvalue weighted by atomic mass is 32.2. The van der Waals surface area contributed by atoms with E-state index in [0.29, 0.717) is 27.1 Å². The molecule has 0 saturated carbocycles. The standard InChI is InChI=1S/C17H15N7O4S3/c1-8-13(31-16(18-8)19-9(2)25)14-20-21-17(29)23(14)22-12(26)7-30-15(22)10-4-3-5-11(6-10)24(27)28/h3-6,15H,7H2,1-2H3,(H,21,29)(H,18,19,25). The summed E-state index contributed by atoms with van der Waals surface area (Å²) in [5.74, 6) is 0.0712. The SMILES string of the molecule is CC(=O)Nc1nc(C)c(-c2n[nH]c(=S)n2N2C(=O)CSC2c2cccc([N+](=O)[O-])c2)s1. The molecule has 0 bridgehead atoms. The van der Waals surface area contributed by atoms with E-state index in [2.05, 4.69) is 20.5 Å². The predicted octanol–water partition coefficient (Wildman–Crippen LogP) is 3.15. The van der Waals surface area contributed by atoms with Crippen LogP contribution in [0.5, 0.6) is 0 Å². The van der Waals surface area contributed by atoms with Crippen LogP contribution in [0.15, 0.2) is 24.3 Å². The van der Waals surface area contributed by atoms with Crippen LogP contribution in [0.1, 0.15) is 23.6 Å². The summed E-state index contributed by atoms with van der Waals surface area (Å²) in [5.41, 5.74) is 1.14. The van der Waals surface area contributed by atoms with Gasteiger partial charge in [0.2, 0.25) is 10.7 Å². The van der Waals surface area contributed by atoms with E-state index in [1.165, 1.54) is 51.8 Å². The number of hydrogen-bond donors (Lipinski definition) is 2. The Morgan fingerprint density at radius 2 is 2.23 bits per heavy atom. The molecule has 3 aromatic rings. The number of carbonyl (C=O) groups excluding carboxylic acids is 2. The first kappa shape index (κ1) is 21.1. The maximum Gasteiger partial charge on any atom is 0.269 e. The molecule has 0 radical (unpaired) electrons. The van der Waals surface area contributed by atoms with Gasteiger partial charge in [-0.2, -0.15) is 5.10 Å². The molecule has 2 N–H and O–H groups in total. The van der Waals surface area contributed by atoms with Gasteiger partial charge >= 0.3 is 0 Å². The van der Waals surface area contributed by atoms with Gasteiger partial charge in [-0.05, 0) is 24.7 Å². The number of non-ortho nitro benzene ring substituents is 1. The number of thiazole rings is 1. The zero-order chi connectivity index (χ0) is 22.3. The van der Waals surface area contributed by atoms with Crippen molar-refractivity contribution in [1.82, 2.24) is 19.9 Å². The van der Waals surface area contributed by atoms with Crippen LogP contribution in [0.2, 0.25) is 0 Å². The molecule has 3 heterocycles. The molecule has 1 fully saturated rings. The third-order valence-corrected chi connectivity index (χ3v) is 6.89. The molecule has 0 aliphatic carbocycles. The highest BCUT2D eigenvalue weighted by Gasteiger charge is 2.37. The zero-order valence-electron chi connectivity index (χ0n) is 16.2. The first-order valence-corrected chi connectivity index (χ1v) is 11.1. The third-order valence-electron chi connectivity index (χ3n) is 4.36. The fourth-order valence-electron chi connectivity index (χ4n) is 3.11. The summed E-state index contributed by atoms with van der Waals surface area (Å²) < 4.78 is 1.68. The molecule has 2 aromatic heterocycles. The van der Waals surface area contributed by atoms with Gasteiger partial charge in [0.25, 0.3) is 11.6 Å². The number of rotatable bonds is 5. The zero-order valence-corrected chi connectivity index (χ0v) is 18.6. The summed E-state index contributed by atoms with van der Waals surface area (Å²) in [6.45, 7) is 3.15. The highest BCUT2D eigenvalue weighted by molar-refractivity contribution is 8.00. The number of nitrogens with zero attached hydrogens (tertiary/aromatic N) is 5. The summed E-state index contributed by atoms with van der Waals surface area (Å²) in [7, 11) is 0. The lowest BCUT2D eigenvalue weighted by atomic mass is 10.2. The normalized spacial score (nSPS) is 16.0. The second-order valence-electron chi connectivity index (χ2n) is 6.53. The van der Waals surface area contributed by atoms with Crippen LogP contribution in [0.3, 0.4) is 0 Å². The van der Waals surface area contributed by atoms with Crippen molar-refractivity contribution in [2.24, 2.45) is 0 Å². The van der Waals surface area contributed by atoms with Crippen molar-refractivity contribution in [3.05, 3.63) is 50.4 Å². The maximum atomic E-state index is 12.8. The summed E-state index contributed by atoms with van der Waals surface area (Å²) in [6, 6.07) is 6.15. The van der Waals surface area contributed by atoms with E-state index in [1.807, 2.05) is 0 Å². The molecule has 1 atom stereocenters. The second kappa shape index (κ2) is 8.20. The van der Waals surface area contributed by atoms with Crippen molar-refractivity contribution in [3.63, 3.8) is 0 Å². The molecule has 1 saturated heterocycles. The number of anilines is 1. The summed E-state index contributed by atoms with van der Waals surface area (Å²) in [6.07, 6.45) is 0. The van der Waals surface area contributed by atoms with Crippen LogP contribution in [0, 0.1) is 21.8 Å². The van der Waals surface area contributed by atoms with Gasteiger partial charge in [-0.3, -0.25) is 19.7 Å². The van der Waals surface area contributed by atoms with E-state index >= 15 is 0 Å². The van der Waals surface area contributed by atoms with Crippen molar-refractivity contribution >= 4 is 57.9 Å². The van der Waals surface area contributed by atoms with Crippen LogP contribution in [0.4, 0.5) is 10.8 Å². The Bertz CT molecular complexity index is 1260. The van der Waals surface area contributed by atoms with Crippen LogP contribution in [-0.2, 0) is 9.59 Å². The number of H-pyrrole nitrogens is 1. The summed E-state index contributed by atoms with van der Waals surface area (Å²) in [4.78, 5) is 39.9. The Labute approximate surface area is 188 Å². The topological polar surface area (TPSA) is 139 Å². The number of nitro benzene ring substituents is 1. The van der Waals surface area contributed by atoms with Crippen molar-refractivity contribution in [3.8, 4) is 10.7 Å². The fourth-order valence-corrected chi connectivity index (χ4v) is 5.44. The van der Waals surface area contributed by atoms with E-state index in [4.69, 9.17) is 12.2 Å². The number of nitro groups is 1. The number of amides is 2. The lowest BCUT2D eigenvalue weighted by molar-refractivity contribution is -0.384. The highest BCUT2D eigenvalue weighted by Crippen LogP contribution is 2.40. The number of aryl methyl sites for hydroxylation is 1. The Balaban J connectivity index is 1.80. The number of thioether (sulfide) groups is 1. The van der Waals surface area contributed by atoms with Crippen molar-refractivity contribution in [2.75, 3.05) is 16.1 Å². The average molecular weight is 478 g/mol. The summed E-state index contributed by atoms with van der Waals surface area (Å²) >= 11 is 7.94. The second-order valence-corrected chi connectivity index (χ2v) is 8.99. The fraction of sp³-hybridized carbons (Fsp3) is 0.235. The molecule has 160 valence electrons. The first-order valence-electron chi connectivity index (χ1n) is 8.87. The number of aromatic amines is 1. The first-order chi connectivity index (χ1) is 14.8. The monoisotopic (exact) mass is 477 g/mol. The molecule has 1 aliphatic heterocycles. The lowest BCUT2D eigenvalue weighted by Crippen LogP contribution is -2.38. The Hall–Kier alpha value is -3.10. The molecule has 11 nitrogen and oxygen atoms in total. The Morgan fingerprint density at radius 3 is 2.94 bits per heavy atom. The quantitative estimate of drug-likeness (QED) is 0.325. The molecule has 1 aromatic carbocycles. The van der Waals surface area contributed by atoms with Crippen molar-refractivity contribution in [1.29, 1.82) is 0 Å². The number of aromatic nitrogens is 4. The smallest absolute Gasteiger partial charge is 0.269 e. The molecular formula is C17H15N7O4S3. The van der Waals surface area contributed by atoms with Gasteiger partial charge < -0.3 is 5.32 Å². The van der Waals surface area contributed by atoms with Gasteiger partial charge in [-0.1, -0.05) is 23.5 Å². The van der Waals surface area contributed by atoms with Crippen molar-refractivity contribution in [2.45, 2.75) is 19.2 Å². The summed E-state index contributed by atoms with van der Waals surface area (Å²) in [5, 5.41) is 22.1. The van der Waals surface area contributed by atoms with Crippen LogP contribution in [0.25, 0.3) is 10.7 Å². The Morgan fingerprint density at radius 1 is 1.45 bits per heavy atom. The molecule has 14 heteroatoms. The molecule has 2 amide bonds. The van der Waals surface area contributed by atoms with Gasteiger partial charge in [-0.25, -0.2) is 19.8 Å². The largest absolute Gasteiger partial charge is 0.302 e. The van der Waals surface area contributed by atoms with Crippen molar-refractivity contribution < 1.29 is 14.5 Å². The van der Waals surface area contributed by atoms with Gasteiger partial charge in [0.1, 0.15) is 5.37 Å². The van der Waals surface area contributed by atoms with Gasteiger partial charge in [-0.15, -0.1) is 11.8 Å². The average Bonchev–Trinajstić information content (AvgIpc) is 3.37. The van der Waals surface area contributed by atoms with Gasteiger partial charge in [0.05, 0.1) is 21.2 Å². The van der Waals surface area contributed by atoms with E-state index < -0.39 is 10.3 Å². The minimum absolute atomic E-state index is 0.0633. The molecule has 4 rings (SSSR count). The number of benzene rings is 1. The minimum Gasteiger partial charge on any atom is -0.302 e. The number of carbonyl (C=O) groups is 2. The number of nitrogens with one attached hydrogen (secondary N) is 2. The van der Waals surface area contributed by atoms with E-state index in [-0.39, 0.29) is 28.0 Å². The van der Waals surface area contributed by atoms with Crippen LogP contribution in [-0.4, -0.2) is 42.3 Å². The molecule has 0 spiro atoms. The van der Waals surface area contributed by atoms with Gasteiger partial charge in [0, 0.05) is 19.1 Å². The molecule has 1 unspecified atom stereocenters. The lowest BCUT2D eigenvalue weighted by Gasteiger charge is -2.25. The van der Waals surface area contributed by atoms with E-state index in [1.54, 1.807) is 19.1 Å². The van der Waals surface area contributed by atoms with Crippen LogP contribution < -0.4 is 10.3 Å². The van der Waals surface area contributed by atoms with E-state index in [9.17, 15) is 19.7 Å². The predicted molar refractivity (Wildman–Crippen MR) is 119 cm³/mol. The molecular weight excluding hydrogens is 462 g/mol. The third kappa shape index (κ3) is 3.96. The molecule has 1 aliphatic rings. The van der Waals surface area contributed by atoms with E-state index in [0.717, 1.165) is 0 Å².